The van der Waals surface area contributed by atoms with Gasteiger partial charge in [0.15, 0.2) is 0 Å². The van der Waals surface area contributed by atoms with Crippen molar-refractivity contribution in [1.82, 2.24) is 5.32 Å². The summed E-state index contributed by atoms with van der Waals surface area (Å²) in [6.45, 7) is 4.94. The van der Waals surface area contributed by atoms with Gasteiger partial charge >= 0.3 is 0 Å². The molecular formula is C12H19NO2. The second-order valence-electron chi connectivity index (χ2n) is 4.07. The predicted octanol–water partition coefficient (Wildman–Crippen LogP) is 1.84. The molecule has 0 bridgehead atoms. The lowest BCUT2D eigenvalue weighted by molar-refractivity contribution is 0.175. The Kier molecular flexibility index (Phi) is 3.80. The van der Waals surface area contributed by atoms with Gasteiger partial charge in [-0.1, -0.05) is 6.92 Å². The Bertz CT molecular complexity index is 265. The molecule has 15 heavy (non-hydrogen) atoms. The molecule has 1 aromatic heterocycles. The minimum absolute atomic E-state index is 0.489. The molecule has 2 heterocycles. The van der Waals surface area contributed by atoms with E-state index in [1.165, 1.54) is 6.42 Å². The lowest BCUT2D eigenvalue weighted by atomic mass is 9.95. The van der Waals surface area contributed by atoms with Gasteiger partial charge in [0.1, 0.15) is 5.76 Å². The maximum atomic E-state index is 5.43. The third-order valence-corrected chi connectivity index (χ3v) is 3.00. The monoisotopic (exact) mass is 209 g/mol. The van der Waals surface area contributed by atoms with E-state index >= 15 is 0 Å². The average Bonchev–Trinajstić information content (AvgIpc) is 2.89. The van der Waals surface area contributed by atoms with Crippen LogP contribution in [0.5, 0.6) is 0 Å². The van der Waals surface area contributed by atoms with Crippen LogP contribution in [-0.4, -0.2) is 25.8 Å². The Labute approximate surface area is 90.8 Å². The van der Waals surface area contributed by atoms with Crippen molar-refractivity contribution in [3.63, 3.8) is 0 Å². The highest BCUT2D eigenvalue weighted by Gasteiger charge is 2.25. The Morgan fingerprint density at radius 3 is 3.13 bits per heavy atom. The van der Waals surface area contributed by atoms with Crippen LogP contribution in [0, 0.1) is 5.92 Å². The first-order chi connectivity index (χ1) is 7.40. The molecule has 1 saturated heterocycles. The van der Waals surface area contributed by atoms with E-state index in [4.69, 9.17) is 9.15 Å². The zero-order valence-electron chi connectivity index (χ0n) is 9.24. The summed E-state index contributed by atoms with van der Waals surface area (Å²) < 4.78 is 10.8. The van der Waals surface area contributed by atoms with Crippen molar-refractivity contribution in [3.05, 3.63) is 24.2 Å². The van der Waals surface area contributed by atoms with Crippen molar-refractivity contribution < 1.29 is 9.15 Å². The van der Waals surface area contributed by atoms with Gasteiger partial charge in [0.25, 0.3) is 0 Å². The number of hydrogen-bond donors (Lipinski definition) is 1. The number of rotatable bonds is 5. The van der Waals surface area contributed by atoms with Gasteiger partial charge in [-0.2, -0.15) is 0 Å². The SMILES string of the molecule is CCNC(Cc1ccco1)C1CCOC1. The fraction of sp³-hybridized carbons (Fsp3) is 0.667. The lowest BCUT2D eigenvalue weighted by Gasteiger charge is -2.22. The van der Waals surface area contributed by atoms with E-state index in [9.17, 15) is 0 Å². The van der Waals surface area contributed by atoms with Gasteiger partial charge in [0.2, 0.25) is 0 Å². The van der Waals surface area contributed by atoms with Crippen LogP contribution in [0.25, 0.3) is 0 Å². The number of nitrogens with one attached hydrogen (secondary N) is 1. The van der Waals surface area contributed by atoms with Crippen LogP contribution >= 0.6 is 0 Å². The van der Waals surface area contributed by atoms with Crippen LogP contribution in [0.2, 0.25) is 0 Å². The van der Waals surface area contributed by atoms with Gasteiger partial charge in [0, 0.05) is 25.0 Å². The summed E-state index contributed by atoms with van der Waals surface area (Å²) in [6, 6.07) is 4.48. The molecule has 0 saturated carbocycles. The van der Waals surface area contributed by atoms with Crippen molar-refractivity contribution in [2.24, 2.45) is 5.92 Å². The first kappa shape index (κ1) is 10.7. The average molecular weight is 209 g/mol. The van der Waals surface area contributed by atoms with Crippen LogP contribution in [0.1, 0.15) is 19.1 Å². The largest absolute Gasteiger partial charge is 0.469 e. The highest BCUT2D eigenvalue weighted by molar-refractivity contribution is 5.01. The summed E-state index contributed by atoms with van der Waals surface area (Å²) in [5.74, 6) is 1.70. The third kappa shape index (κ3) is 2.83. The van der Waals surface area contributed by atoms with E-state index in [0.29, 0.717) is 12.0 Å². The first-order valence-corrected chi connectivity index (χ1v) is 5.73. The maximum Gasteiger partial charge on any atom is 0.105 e. The normalized spacial score (nSPS) is 23.1. The summed E-state index contributed by atoms with van der Waals surface area (Å²) in [4.78, 5) is 0. The second-order valence-corrected chi connectivity index (χ2v) is 4.07. The summed E-state index contributed by atoms with van der Waals surface area (Å²) >= 11 is 0. The molecule has 0 radical (unpaired) electrons. The molecule has 1 aliphatic rings. The Morgan fingerprint density at radius 2 is 2.53 bits per heavy atom. The first-order valence-electron chi connectivity index (χ1n) is 5.73. The van der Waals surface area contributed by atoms with Crippen molar-refractivity contribution in [2.75, 3.05) is 19.8 Å². The standard InChI is InChI=1S/C12H19NO2/c1-2-13-12(10-5-7-14-9-10)8-11-4-3-6-15-11/h3-4,6,10,12-13H,2,5,7-9H2,1H3. The van der Waals surface area contributed by atoms with E-state index in [2.05, 4.69) is 12.2 Å². The van der Waals surface area contributed by atoms with Crippen molar-refractivity contribution >= 4 is 0 Å². The fourth-order valence-corrected chi connectivity index (χ4v) is 2.18. The van der Waals surface area contributed by atoms with E-state index in [-0.39, 0.29) is 0 Å². The zero-order valence-corrected chi connectivity index (χ0v) is 9.24. The third-order valence-electron chi connectivity index (χ3n) is 3.00. The van der Waals surface area contributed by atoms with Gasteiger partial charge in [-0.3, -0.25) is 0 Å². The zero-order chi connectivity index (χ0) is 10.5. The van der Waals surface area contributed by atoms with Gasteiger partial charge in [-0.15, -0.1) is 0 Å². The molecular weight excluding hydrogens is 190 g/mol. The molecule has 1 aliphatic heterocycles. The number of ether oxygens (including phenoxy) is 1. The molecule has 0 aromatic carbocycles. The van der Waals surface area contributed by atoms with Gasteiger partial charge in [-0.25, -0.2) is 0 Å². The molecule has 3 nitrogen and oxygen atoms in total. The molecule has 3 heteroatoms. The number of likely N-dealkylation sites (N-methyl/N-ethyl adjacent to an activating group) is 1. The summed E-state index contributed by atoms with van der Waals surface area (Å²) in [5, 5.41) is 3.52. The molecule has 1 aromatic rings. The predicted molar refractivity (Wildman–Crippen MR) is 58.8 cm³/mol. The van der Waals surface area contributed by atoms with Crippen LogP contribution in [0.15, 0.2) is 22.8 Å². The molecule has 2 unspecified atom stereocenters. The van der Waals surface area contributed by atoms with Crippen molar-refractivity contribution in [1.29, 1.82) is 0 Å². The van der Waals surface area contributed by atoms with Gasteiger partial charge in [0.05, 0.1) is 12.9 Å². The van der Waals surface area contributed by atoms with Gasteiger partial charge in [-0.05, 0) is 25.1 Å². The fourth-order valence-electron chi connectivity index (χ4n) is 2.18. The molecule has 0 aliphatic carbocycles. The van der Waals surface area contributed by atoms with Crippen molar-refractivity contribution in [3.8, 4) is 0 Å². The summed E-state index contributed by atoms with van der Waals surface area (Å²) in [5.41, 5.74) is 0. The lowest BCUT2D eigenvalue weighted by Crippen LogP contribution is -2.38. The molecule has 1 N–H and O–H groups in total. The summed E-state index contributed by atoms with van der Waals surface area (Å²) in [6.07, 6.45) is 3.87. The van der Waals surface area contributed by atoms with E-state index in [0.717, 1.165) is 31.9 Å². The van der Waals surface area contributed by atoms with E-state index in [1.807, 2.05) is 12.1 Å². The number of hydrogen-bond acceptors (Lipinski definition) is 3. The highest BCUT2D eigenvalue weighted by Crippen LogP contribution is 2.20. The molecule has 0 spiro atoms. The quantitative estimate of drug-likeness (QED) is 0.803. The summed E-state index contributed by atoms with van der Waals surface area (Å²) in [7, 11) is 0. The Hall–Kier alpha value is -0.800. The smallest absolute Gasteiger partial charge is 0.105 e. The molecule has 1 fully saturated rings. The van der Waals surface area contributed by atoms with Crippen LogP contribution in [0.4, 0.5) is 0 Å². The van der Waals surface area contributed by atoms with E-state index in [1.54, 1.807) is 6.26 Å². The molecule has 84 valence electrons. The minimum Gasteiger partial charge on any atom is -0.469 e. The molecule has 2 rings (SSSR count). The van der Waals surface area contributed by atoms with Crippen LogP contribution in [-0.2, 0) is 11.2 Å². The number of furan rings is 1. The van der Waals surface area contributed by atoms with Crippen LogP contribution in [0.3, 0.4) is 0 Å². The Morgan fingerprint density at radius 1 is 1.60 bits per heavy atom. The van der Waals surface area contributed by atoms with Crippen molar-refractivity contribution in [2.45, 2.75) is 25.8 Å². The highest BCUT2D eigenvalue weighted by atomic mass is 16.5. The molecule has 2 atom stereocenters. The maximum absolute atomic E-state index is 5.43. The van der Waals surface area contributed by atoms with E-state index < -0.39 is 0 Å². The second kappa shape index (κ2) is 5.33. The van der Waals surface area contributed by atoms with Crippen LogP contribution < -0.4 is 5.32 Å². The molecule has 0 amide bonds. The Balaban J connectivity index is 1.93. The van der Waals surface area contributed by atoms with Gasteiger partial charge < -0.3 is 14.5 Å². The minimum atomic E-state index is 0.489. The topological polar surface area (TPSA) is 34.4 Å².